The number of Topliss-reactive ketones (excluding diaryl/α,β-unsaturated/α-hetero) is 1. The summed E-state index contributed by atoms with van der Waals surface area (Å²) in [5.74, 6) is 1.52. The SMILES string of the molecule is C[C@@H]1C(=O)O[C@@H]2C[C@H](C)[C@@H]3CCC(=O)[C@@]3(C)C[C@H]12. The Hall–Kier alpha value is -0.860. The van der Waals surface area contributed by atoms with Crippen molar-refractivity contribution in [2.24, 2.45) is 29.1 Å². The van der Waals surface area contributed by atoms with E-state index in [4.69, 9.17) is 4.74 Å². The third-order valence-electron chi connectivity index (χ3n) is 5.85. The predicted octanol–water partition coefficient (Wildman–Crippen LogP) is 2.58. The number of fused-ring (bicyclic) bond motifs is 2. The van der Waals surface area contributed by atoms with Crippen molar-refractivity contribution in [2.75, 3.05) is 0 Å². The van der Waals surface area contributed by atoms with Gasteiger partial charge in [-0.25, -0.2) is 0 Å². The molecule has 2 aliphatic carbocycles. The van der Waals surface area contributed by atoms with Crippen LogP contribution < -0.4 is 0 Å². The fourth-order valence-corrected chi connectivity index (χ4v) is 4.67. The Morgan fingerprint density at radius 3 is 2.72 bits per heavy atom. The minimum atomic E-state index is -0.207. The summed E-state index contributed by atoms with van der Waals surface area (Å²) >= 11 is 0. The van der Waals surface area contributed by atoms with Gasteiger partial charge in [-0.05, 0) is 31.1 Å². The van der Waals surface area contributed by atoms with Gasteiger partial charge in [-0.1, -0.05) is 20.8 Å². The Morgan fingerprint density at radius 1 is 1.28 bits per heavy atom. The number of hydrogen-bond donors (Lipinski definition) is 0. The maximum absolute atomic E-state index is 12.3. The van der Waals surface area contributed by atoms with Gasteiger partial charge in [0.1, 0.15) is 11.9 Å². The van der Waals surface area contributed by atoms with E-state index in [2.05, 4.69) is 13.8 Å². The second-order valence-corrected chi connectivity index (χ2v) is 6.83. The van der Waals surface area contributed by atoms with Crippen LogP contribution in [0.4, 0.5) is 0 Å². The zero-order valence-corrected chi connectivity index (χ0v) is 11.4. The van der Waals surface area contributed by atoms with E-state index in [-0.39, 0.29) is 29.3 Å². The highest BCUT2D eigenvalue weighted by molar-refractivity contribution is 5.87. The normalized spacial score (nSPS) is 51.6. The summed E-state index contributed by atoms with van der Waals surface area (Å²) in [4.78, 5) is 24.0. The molecule has 3 heteroatoms. The Balaban J connectivity index is 1.96. The first-order valence-electron chi connectivity index (χ1n) is 7.17. The highest BCUT2D eigenvalue weighted by Crippen LogP contribution is 2.55. The lowest BCUT2D eigenvalue weighted by Crippen LogP contribution is -2.33. The van der Waals surface area contributed by atoms with Crippen LogP contribution in [0, 0.1) is 29.1 Å². The number of hydrogen-bond acceptors (Lipinski definition) is 3. The smallest absolute Gasteiger partial charge is 0.309 e. The highest BCUT2D eigenvalue weighted by atomic mass is 16.6. The minimum absolute atomic E-state index is 0.0359. The van der Waals surface area contributed by atoms with Crippen LogP contribution in [0.5, 0.6) is 0 Å². The van der Waals surface area contributed by atoms with Crippen LogP contribution in [0.1, 0.15) is 46.5 Å². The summed E-state index contributed by atoms with van der Waals surface area (Å²) in [6.45, 7) is 6.31. The van der Waals surface area contributed by atoms with Gasteiger partial charge in [-0.3, -0.25) is 9.59 Å². The second kappa shape index (κ2) is 3.82. The molecule has 0 aromatic carbocycles. The Kier molecular flexibility index (Phi) is 2.58. The molecule has 0 radical (unpaired) electrons. The van der Waals surface area contributed by atoms with Crippen LogP contribution >= 0.6 is 0 Å². The monoisotopic (exact) mass is 250 g/mol. The quantitative estimate of drug-likeness (QED) is 0.621. The van der Waals surface area contributed by atoms with Gasteiger partial charge >= 0.3 is 5.97 Å². The van der Waals surface area contributed by atoms with Crippen molar-refractivity contribution in [3.8, 4) is 0 Å². The minimum Gasteiger partial charge on any atom is -0.462 e. The van der Waals surface area contributed by atoms with Crippen LogP contribution in [0.2, 0.25) is 0 Å². The van der Waals surface area contributed by atoms with Gasteiger partial charge < -0.3 is 4.74 Å². The second-order valence-electron chi connectivity index (χ2n) is 6.83. The zero-order valence-electron chi connectivity index (χ0n) is 11.4. The summed E-state index contributed by atoms with van der Waals surface area (Å²) in [6.07, 6.45) is 3.59. The molecule has 18 heavy (non-hydrogen) atoms. The third-order valence-corrected chi connectivity index (χ3v) is 5.85. The number of ether oxygens (including phenoxy) is 1. The number of rotatable bonds is 0. The summed E-state index contributed by atoms with van der Waals surface area (Å²) in [7, 11) is 0. The molecule has 3 fully saturated rings. The average molecular weight is 250 g/mol. The summed E-state index contributed by atoms with van der Waals surface area (Å²) < 4.78 is 5.52. The van der Waals surface area contributed by atoms with Gasteiger partial charge in [-0.2, -0.15) is 0 Å². The first kappa shape index (κ1) is 12.2. The number of carbonyl (C=O) groups excluding carboxylic acids is 2. The van der Waals surface area contributed by atoms with E-state index in [9.17, 15) is 9.59 Å². The van der Waals surface area contributed by atoms with E-state index in [1.165, 1.54) is 0 Å². The molecular formula is C15H22O3. The van der Waals surface area contributed by atoms with Crippen molar-refractivity contribution in [3.05, 3.63) is 0 Å². The van der Waals surface area contributed by atoms with Gasteiger partial charge in [0.15, 0.2) is 0 Å². The lowest BCUT2D eigenvalue weighted by Gasteiger charge is -2.33. The maximum Gasteiger partial charge on any atom is 0.309 e. The van der Waals surface area contributed by atoms with Gasteiger partial charge in [-0.15, -0.1) is 0 Å². The summed E-state index contributed by atoms with van der Waals surface area (Å²) in [6, 6.07) is 0. The van der Waals surface area contributed by atoms with Gasteiger partial charge in [0.25, 0.3) is 0 Å². The maximum atomic E-state index is 12.3. The lowest BCUT2D eigenvalue weighted by atomic mass is 9.69. The third kappa shape index (κ3) is 1.49. The largest absolute Gasteiger partial charge is 0.462 e. The number of esters is 1. The van der Waals surface area contributed by atoms with Crippen LogP contribution in [0.3, 0.4) is 0 Å². The lowest BCUT2D eigenvalue weighted by molar-refractivity contribution is -0.144. The molecule has 1 saturated heterocycles. The molecule has 1 aliphatic heterocycles. The van der Waals surface area contributed by atoms with Crippen LogP contribution in [-0.4, -0.2) is 17.9 Å². The molecule has 0 N–H and O–H groups in total. The van der Waals surface area contributed by atoms with Crippen LogP contribution in [0.25, 0.3) is 0 Å². The van der Waals surface area contributed by atoms with E-state index >= 15 is 0 Å². The number of carbonyl (C=O) groups is 2. The Morgan fingerprint density at radius 2 is 2.00 bits per heavy atom. The molecule has 0 amide bonds. The van der Waals surface area contributed by atoms with E-state index < -0.39 is 0 Å². The molecule has 1 heterocycles. The molecule has 100 valence electrons. The molecule has 0 aromatic heterocycles. The standard InChI is InChI=1S/C15H22O3/c1-8-6-12-10(9(2)14(17)18-12)7-15(3)11(8)4-5-13(15)16/h8-12H,4-7H2,1-3H3/t8-,9-,10+,11-,12+,15-/m0/s1. The molecule has 0 spiro atoms. The van der Waals surface area contributed by atoms with Crippen molar-refractivity contribution in [2.45, 2.75) is 52.6 Å². The van der Waals surface area contributed by atoms with Gasteiger partial charge in [0.05, 0.1) is 5.92 Å². The fourth-order valence-electron chi connectivity index (χ4n) is 4.67. The van der Waals surface area contributed by atoms with Crippen molar-refractivity contribution in [1.29, 1.82) is 0 Å². The average Bonchev–Trinajstić information content (AvgIpc) is 2.69. The topological polar surface area (TPSA) is 43.4 Å². The van der Waals surface area contributed by atoms with E-state index in [0.29, 0.717) is 17.6 Å². The molecule has 0 unspecified atom stereocenters. The first-order chi connectivity index (χ1) is 8.43. The summed E-state index contributed by atoms with van der Waals surface area (Å²) in [5, 5.41) is 0. The van der Waals surface area contributed by atoms with Crippen molar-refractivity contribution in [3.63, 3.8) is 0 Å². The Bertz CT molecular complexity index is 403. The summed E-state index contributed by atoms with van der Waals surface area (Å²) in [5.41, 5.74) is -0.207. The predicted molar refractivity (Wildman–Crippen MR) is 66.8 cm³/mol. The molecule has 0 aromatic rings. The molecule has 3 aliphatic rings. The molecule has 3 rings (SSSR count). The first-order valence-corrected chi connectivity index (χ1v) is 7.17. The molecule has 6 atom stereocenters. The van der Waals surface area contributed by atoms with E-state index in [1.54, 1.807) is 0 Å². The molecular weight excluding hydrogens is 228 g/mol. The van der Waals surface area contributed by atoms with Gasteiger partial charge in [0.2, 0.25) is 0 Å². The Labute approximate surface area is 108 Å². The molecule has 0 bridgehead atoms. The fraction of sp³-hybridized carbons (Fsp3) is 0.867. The van der Waals surface area contributed by atoms with Crippen molar-refractivity contribution >= 4 is 11.8 Å². The van der Waals surface area contributed by atoms with Crippen LogP contribution in [-0.2, 0) is 14.3 Å². The van der Waals surface area contributed by atoms with E-state index in [0.717, 1.165) is 25.7 Å². The molecule has 3 nitrogen and oxygen atoms in total. The van der Waals surface area contributed by atoms with E-state index in [1.807, 2.05) is 6.92 Å². The van der Waals surface area contributed by atoms with Crippen molar-refractivity contribution < 1.29 is 14.3 Å². The number of ketones is 1. The van der Waals surface area contributed by atoms with Crippen LogP contribution in [0.15, 0.2) is 0 Å². The molecule has 2 saturated carbocycles. The zero-order chi connectivity index (χ0) is 13.1. The highest BCUT2D eigenvalue weighted by Gasteiger charge is 2.56. The van der Waals surface area contributed by atoms with Crippen molar-refractivity contribution in [1.82, 2.24) is 0 Å². The van der Waals surface area contributed by atoms with Gasteiger partial charge in [0, 0.05) is 17.8 Å².